The summed E-state index contributed by atoms with van der Waals surface area (Å²) in [5.41, 5.74) is -8.20. The number of nitrogens with zero attached hydrogens (tertiary/aromatic N) is 3. The van der Waals surface area contributed by atoms with Crippen LogP contribution >= 0.6 is 0 Å². The molecule has 2 fully saturated rings. The van der Waals surface area contributed by atoms with Gasteiger partial charge < -0.3 is 14.5 Å². The second-order valence-electron chi connectivity index (χ2n) is 12.7. The van der Waals surface area contributed by atoms with Gasteiger partial charge in [-0.15, -0.1) is 0 Å². The third-order valence-electron chi connectivity index (χ3n) is 9.76. The van der Waals surface area contributed by atoms with Crippen LogP contribution in [0.2, 0.25) is 0 Å². The predicted molar refractivity (Wildman–Crippen MR) is 168 cm³/mol. The van der Waals surface area contributed by atoms with Gasteiger partial charge in [0, 0.05) is 50.1 Å². The van der Waals surface area contributed by atoms with E-state index in [1.807, 2.05) is 0 Å². The van der Waals surface area contributed by atoms with E-state index in [-0.39, 0.29) is 37.5 Å². The van der Waals surface area contributed by atoms with E-state index in [1.54, 1.807) is 4.90 Å². The Bertz CT molecular complexity index is 1960. The fourth-order valence-electron chi connectivity index (χ4n) is 6.85. The van der Waals surface area contributed by atoms with Crippen molar-refractivity contribution in [3.8, 4) is 6.07 Å². The number of likely N-dealkylation sites (tertiary alicyclic amines) is 2. The normalized spacial score (nSPS) is 19.1. The summed E-state index contributed by atoms with van der Waals surface area (Å²) >= 11 is 0. The largest absolute Gasteiger partial charge is 0.430 e. The van der Waals surface area contributed by atoms with Crippen molar-refractivity contribution in [1.29, 1.82) is 5.26 Å². The highest BCUT2D eigenvalue weighted by Crippen LogP contribution is 2.54. The van der Waals surface area contributed by atoms with E-state index in [2.05, 4.69) is 4.74 Å². The Morgan fingerprint density at radius 3 is 2.02 bits per heavy atom. The number of carbonyl (C=O) groups excluding carboxylic acids is 2. The second kappa shape index (κ2) is 14.1. The van der Waals surface area contributed by atoms with Crippen LogP contribution in [-0.2, 0) is 41.1 Å². The SMILES string of the molecule is CC(=O)N1CCC(C(=O)N2CCC(c3ccc(C(OCc4c(F)cccc4C#N)(C(F)(F)F)C(F)(F)F)cc3)(S(=O)(=O)c3ccc(F)cc3)C2)CC1. The summed E-state index contributed by atoms with van der Waals surface area (Å²) in [4.78, 5) is 27.8. The van der Waals surface area contributed by atoms with Gasteiger partial charge in [-0.1, -0.05) is 30.3 Å². The molecule has 8 nitrogen and oxygen atoms in total. The monoisotopic (exact) mass is 757 g/mol. The summed E-state index contributed by atoms with van der Waals surface area (Å²) in [6.45, 7) is -0.316. The van der Waals surface area contributed by atoms with Gasteiger partial charge in [-0.25, -0.2) is 17.2 Å². The van der Waals surface area contributed by atoms with Crippen LogP contribution in [0.1, 0.15) is 48.4 Å². The molecule has 0 radical (unpaired) electrons. The minimum atomic E-state index is -6.20. The predicted octanol–water partition coefficient (Wildman–Crippen LogP) is 6.53. The molecule has 0 aromatic heterocycles. The fourth-order valence-corrected chi connectivity index (χ4v) is 8.93. The minimum absolute atomic E-state index is 0.143. The minimum Gasteiger partial charge on any atom is -0.349 e. The van der Waals surface area contributed by atoms with E-state index in [1.165, 1.54) is 17.9 Å². The standard InChI is InChI=1S/C35H31F8N3O5S/c1-22(47)45-16-13-23(14-17-45)31(48)46-18-15-32(21-46,52(49,50)28-11-9-27(36)10-12-28)25-5-7-26(8-6-25)33(34(38,39)40,35(41,42)43)51-20-29-24(19-44)3-2-4-30(29)37/h2-12,23H,13-18,20-21H2,1H3. The number of hydrogen-bond donors (Lipinski definition) is 0. The molecule has 3 aromatic carbocycles. The molecule has 2 aliphatic heterocycles. The van der Waals surface area contributed by atoms with Crippen LogP contribution in [0.25, 0.3) is 0 Å². The topological polar surface area (TPSA) is 108 Å². The van der Waals surface area contributed by atoms with Crippen LogP contribution < -0.4 is 0 Å². The molecule has 3 aromatic rings. The second-order valence-corrected chi connectivity index (χ2v) is 14.9. The van der Waals surface area contributed by atoms with E-state index >= 15 is 0 Å². The zero-order chi connectivity index (χ0) is 38.3. The van der Waals surface area contributed by atoms with E-state index in [0.29, 0.717) is 25.0 Å². The molecule has 5 rings (SSSR count). The van der Waals surface area contributed by atoms with Gasteiger partial charge in [0.15, 0.2) is 9.84 Å². The Morgan fingerprint density at radius 1 is 0.885 bits per heavy atom. The van der Waals surface area contributed by atoms with Gasteiger partial charge in [-0.2, -0.15) is 31.6 Å². The molecule has 1 unspecified atom stereocenters. The zero-order valence-corrected chi connectivity index (χ0v) is 28.2. The van der Waals surface area contributed by atoms with Crippen LogP contribution in [0.4, 0.5) is 35.1 Å². The smallest absolute Gasteiger partial charge is 0.349 e. The first-order valence-electron chi connectivity index (χ1n) is 15.9. The van der Waals surface area contributed by atoms with Crippen molar-refractivity contribution in [3.63, 3.8) is 0 Å². The summed E-state index contributed by atoms with van der Waals surface area (Å²) in [6, 6.07) is 10.3. The summed E-state index contributed by atoms with van der Waals surface area (Å²) in [7, 11) is -4.61. The highest BCUT2D eigenvalue weighted by molar-refractivity contribution is 7.92. The van der Waals surface area contributed by atoms with E-state index in [4.69, 9.17) is 0 Å². The maximum atomic E-state index is 14.7. The zero-order valence-electron chi connectivity index (χ0n) is 27.4. The third-order valence-corrected chi connectivity index (χ3v) is 12.3. The molecule has 0 bridgehead atoms. The molecule has 2 aliphatic rings. The average Bonchev–Trinajstić information content (AvgIpc) is 3.55. The molecule has 1 atom stereocenters. The van der Waals surface area contributed by atoms with Crippen molar-refractivity contribution >= 4 is 21.7 Å². The summed E-state index contributed by atoms with van der Waals surface area (Å²) < 4.78 is 147. The molecule has 17 heteroatoms. The van der Waals surface area contributed by atoms with Gasteiger partial charge in [0.05, 0.1) is 23.1 Å². The van der Waals surface area contributed by atoms with Gasteiger partial charge in [-0.3, -0.25) is 9.59 Å². The average molecular weight is 758 g/mol. The Labute approximate surface area is 293 Å². The Morgan fingerprint density at radius 2 is 1.48 bits per heavy atom. The maximum Gasteiger partial charge on any atom is 0.430 e. The van der Waals surface area contributed by atoms with Gasteiger partial charge in [-0.05, 0) is 61.2 Å². The number of piperidine rings is 1. The number of halogens is 8. The summed E-state index contributed by atoms with van der Waals surface area (Å²) in [5, 5.41) is 9.26. The first-order valence-corrected chi connectivity index (χ1v) is 17.4. The number of amides is 2. The highest BCUT2D eigenvalue weighted by Gasteiger charge is 2.73. The molecule has 0 saturated carbocycles. The number of alkyl halides is 6. The molecule has 2 amide bonds. The maximum absolute atomic E-state index is 14.7. The summed E-state index contributed by atoms with van der Waals surface area (Å²) in [5.74, 6) is -3.22. The molecule has 52 heavy (non-hydrogen) atoms. The van der Waals surface area contributed by atoms with Crippen LogP contribution in [0.3, 0.4) is 0 Å². The molecular formula is C35H31F8N3O5S. The van der Waals surface area contributed by atoms with E-state index in [9.17, 15) is 58.4 Å². The molecule has 0 spiro atoms. The van der Waals surface area contributed by atoms with Gasteiger partial charge in [0.2, 0.25) is 11.8 Å². The van der Waals surface area contributed by atoms with Crippen molar-refractivity contribution in [1.82, 2.24) is 9.80 Å². The quantitative estimate of drug-likeness (QED) is 0.191. The summed E-state index contributed by atoms with van der Waals surface area (Å²) in [6.07, 6.45) is -12.1. The molecule has 0 aliphatic carbocycles. The molecule has 2 saturated heterocycles. The number of ether oxygens (including phenoxy) is 1. The Hall–Kier alpha value is -4.56. The Balaban J connectivity index is 1.57. The van der Waals surface area contributed by atoms with E-state index < -0.39 is 90.7 Å². The molecule has 278 valence electrons. The lowest BCUT2D eigenvalue weighted by atomic mass is 9.88. The van der Waals surface area contributed by atoms with Crippen LogP contribution in [0.5, 0.6) is 0 Å². The van der Waals surface area contributed by atoms with Crippen molar-refractivity contribution in [3.05, 3.63) is 101 Å². The van der Waals surface area contributed by atoms with Crippen LogP contribution in [0, 0.1) is 28.9 Å². The fraction of sp³-hybridized carbons (Fsp3) is 0.400. The number of hydrogen-bond acceptors (Lipinski definition) is 6. The van der Waals surface area contributed by atoms with Gasteiger partial charge >= 0.3 is 12.4 Å². The first kappa shape index (κ1) is 38.7. The van der Waals surface area contributed by atoms with Crippen LogP contribution in [0.15, 0.2) is 71.6 Å². The van der Waals surface area contributed by atoms with Gasteiger partial charge in [0.25, 0.3) is 5.60 Å². The van der Waals surface area contributed by atoms with Crippen LogP contribution in [-0.4, -0.2) is 68.6 Å². The molecule has 2 heterocycles. The lowest BCUT2D eigenvalue weighted by Gasteiger charge is -2.38. The van der Waals surface area contributed by atoms with Crippen molar-refractivity contribution in [2.24, 2.45) is 5.92 Å². The first-order chi connectivity index (χ1) is 24.3. The lowest BCUT2D eigenvalue weighted by Crippen LogP contribution is -2.56. The number of carbonyl (C=O) groups is 2. The van der Waals surface area contributed by atoms with Crippen molar-refractivity contribution in [2.45, 2.75) is 60.4 Å². The third kappa shape index (κ3) is 6.73. The number of rotatable bonds is 8. The van der Waals surface area contributed by atoms with Gasteiger partial charge in [0.1, 0.15) is 16.4 Å². The lowest BCUT2D eigenvalue weighted by molar-refractivity contribution is -0.392. The molecule has 0 N–H and O–H groups in total. The Kier molecular flexibility index (Phi) is 10.5. The number of sulfone groups is 1. The number of nitriles is 1. The van der Waals surface area contributed by atoms with Crippen molar-refractivity contribution in [2.75, 3.05) is 26.2 Å². The molecular weight excluding hydrogens is 726 g/mol. The van der Waals surface area contributed by atoms with E-state index in [0.717, 1.165) is 54.6 Å². The highest BCUT2D eigenvalue weighted by atomic mass is 32.2. The van der Waals surface area contributed by atoms with Crippen molar-refractivity contribution < 1.29 is 57.9 Å². The number of benzene rings is 3.